The number of nitrogens with zero attached hydrogens (tertiary/aromatic N) is 1. The van der Waals surface area contributed by atoms with Gasteiger partial charge < -0.3 is 9.47 Å². The average Bonchev–Trinajstić information content (AvgIpc) is 2.83. The van der Waals surface area contributed by atoms with Crippen molar-refractivity contribution in [3.8, 4) is 0 Å². The molecule has 2 rings (SSSR count). The van der Waals surface area contributed by atoms with E-state index in [1.807, 2.05) is 11.8 Å². The fourth-order valence-corrected chi connectivity index (χ4v) is 2.53. The molecule has 2 fully saturated rings. The normalized spacial score (nSPS) is 35.1. The van der Waals surface area contributed by atoms with Crippen LogP contribution in [0.25, 0.3) is 0 Å². The smallest absolute Gasteiger partial charge is 0.323 e. The lowest BCUT2D eigenvalue weighted by molar-refractivity contribution is -0.147. The lowest BCUT2D eigenvalue weighted by atomic mass is 9.99. The quantitative estimate of drug-likeness (QED) is 0.624. The lowest BCUT2D eigenvalue weighted by Gasteiger charge is -2.19. The fourth-order valence-electron chi connectivity index (χ4n) is 2.53. The molecular formula is C11H17NO4. The summed E-state index contributed by atoms with van der Waals surface area (Å²) in [5.41, 5.74) is 0. The Morgan fingerprint density at radius 2 is 2.25 bits per heavy atom. The van der Waals surface area contributed by atoms with Gasteiger partial charge in [0, 0.05) is 19.5 Å². The summed E-state index contributed by atoms with van der Waals surface area (Å²) < 4.78 is 9.70. The first kappa shape index (κ1) is 11.4. The highest BCUT2D eigenvalue weighted by atomic mass is 16.5. The maximum atomic E-state index is 11.5. The minimum atomic E-state index is -0.179. The first-order chi connectivity index (χ1) is 7.63. The highest BCUT2D eigenvalue weighted by Crippen LogP contribution is 2.28. The summed E-state index contributed by atoms with van der Waals surface area (Å²) in [6.07, 6.45) is 0.736. The van der Waals surface area contributed by atoms with Gasteiger partial charge in [-0.15, -0.1) is 0 Å². The monoisotopic (exact) mass is 227 g/mol. The van der Waals surface area contributed by atoms with E-state index in [4.69, 9.17) is 9.47 Å². The number of esters is 2. The molecule has 0 aromatic heterocycles. The Morgan fingerprint density at radius 3 is 2.81 bits per heavy atom. The van der Waals surface area contributed by atoms with Crippen LogP contribution < -0.4 is 0 Å². The number of cyclic esters (lactones) is 1. The van der Waals surface area contributed by atoms with Gasteiger partial charge in [-0.05, 0) is 5.92 Å². The van der Waals surface area contributed by atoms with Gasteiger partial charge in [0.1, 0.15) is 6.04 Å². The van der Waals surface area contributed by atoms with Gasteiger partial charge in [0.2, 0.25) is 0 Å². The van der Waals surface area contributed by atoms with Crippen molar-refractivity contribution in [2.75, 3.05) is 26.8 Å². The zero-order chi connectivity index (χ0) is 11.7. The molecule has 3 atom stereocenters. The molecule has 2 heterocycles. The van der Waals surface area contributed by atoms with Crippen LogP contribution in [0, 0.1) is 11.8 Å². The van der Waals surface area contributed by atoms with E-state index >= 15 is 0 Å². The van der Waals surface area contributed by atoms with Gasteiger partial charge in [-0.25, -0.2) is 0 Å². The summed E-state index contributed by atoms with van der Waals surface area (Å²) >= 11 is 0. The molecule has 2 aliphatic heterocycles. The van der Waals surface area contributed by atoms with Crippen molar-refractivity contribution in [3.63, 3.8) is 0 Å². The summed E-state index contributed by atoms with van der Waals surface area (Å²) in [7, 11) is 1.40. The van der Waals surface area contributed by atoms with Crippen LogP contribution in [0.5, 0.6) is 0 Å². The Bertz CT molecular complexity index is 304. The van der Waals surface area contributed by atoms with Crippen LogP contribution in [-0.4, -0.2) is 49.7 Å². The standard InChI is InChI=1S/C11H17NO4/c1-7-5-12(6-8(7)10(13)15-2)9-3-4-16-11(9)14/h7-9H,3-6H2,1-2H3. The van der Waals surface area contributed by atoms with E-state index in [-0.39, 0.29) is 29.8 Å². The third kappa shape index (κ3) is 1.91. The van der Waals surface area contributed by atoms with Crippen LogP contribution >= 0.6 is 0 Å². The van der Waals surface area contributed by atoms with Gasteiger partial charge >= 0.3 is 11.9 Å². The number of likely N-dealkylation sites (tertiary alicyclic amines) is 1. The minimum absolute atomic E-state index is 0.113. The molecule has 0 spiro atoms. The molecule has 0 aromatic rings. The molecule has 90 valence electrons. The van der Waals surface area contributed by atoms with Crippen molar-refractivity contribution < 1.29 is 19.1 Å². The van der Waals surface area contributed by atoms with Crippen molar-refractivity contribution in [1.82, 2.24) is 4.90 Å². The van der Waals surface area contributed by atoms with Gasteiger partial charge in [0.05, 0.1) is 19.6 Å². The molecule has 2 aliphatic rings. The summed E-state index contributed by atoms with van der Waals surface area (Å²) in [6, 6.07) is -0.155. The SMILES string of the molecule is COC(=O)C1CN(C2CCOC2=O)CC1C. The highest BCUT2D eigenvalue weighted by molar-refractivity contribution is 5.78. The van der Waals surface area contributed by atoms with Gasteiger partial charge in [0.15, 0.2) is 0 Å². The minimum Gasteiger partial charge on any atom is -0.469 e. The molecule has 16 heavy (non-hydrogen) atoms. The van der Waals surface area contributed by atoms with Crippen molar-refractivity contribution in [1.29, 1.82) is 0 Å². The first-order valence-electron chi connectivity index (χ1n) is 5.62. The predicted octanol–water partition coefficient (Wildman–Crippen LogP) is 0.0428. The number of carbonyl (C=O) groups is 2. The molecule has 5 nitrogen and oxygen atoms in total. The molecule has 0 radical (unpaired) electrons. The predicted molar refractivity (Wildman–Crippen MR) is 55.6 cm³/mol. The van der Waals surface area contributed by atoms with E-state index < -0.39 is 0 Å². The lowest BCUT2D eigenvalue weighted by Crippen LogP contribution is -2.37. The number of rotatable bonds is 2. The van der Waals surface area contributed by atoms with E-state index in [9.17, 15) is 9.59 Å². The summed E-state index contributed by atoms with van der Waals surface area (Å²) in [4.78, 5) is 25.0. The van der Waals surface area contributed by atoms with Crippen LogP contribution in [0.1, 0.15) is 13.3 Å². The second kappa shape index (κ2) is 4.41. The van der Waals surface area contributed by atoms with Gasteiger partial charge in [-0.3, -0.25) is 14.5 Å². The number of ether oxygens (including phenoxy) is 2. The second-order valence-corrected chi connectivity index (χ2v) is 4.53. The topological polar surface area (TPSA) is 55.8 Å². The van der Waals surface area contributed by atoms with Gasteiger partial charge in [0.25, 0.3) is 0 Å². The maximum Gasteiger partial charge on any atom is 0.323 e. The summed E-state index contributed by atoms with van der Waals surface area (Å²) in [5, 5.41) is 0. The largest absolute Gasteiger partial charge is 0.469 e. The van der Waals surface area contributed by atoms with Crippen LogP contribution in [-0.2, 0) is 19.1 Å². The van der Waals surface area contributed by atoms with Crippen LogP contribution in [0.3, 0.4) is 0 Å². The van der Waals surface area contributed by atoms with Gasteiger partial charge in [-0.1, -0.05) is 6.92 Å². The molecule has 0 aromatic carbocycles. The molecule has 0 saturated carbocycles. The Morgan fingerprint density at radius 1 is 1.50 bits per heavy atom. The van der Waals surface area contributed by atoms with E-state index in [0.29, 0.717) is 13.2 Å². The zero-order valence-electron chi connectivity index (χ0n) is 9.64. The van der Waals surface area contributed by atoms with Crippen LogP contribution in [0.2, 0.25) is 0 Å². The van der Waals surface area contributed by atoms with Crippen LogP contribution in [0.4, 0.5) is 0 Å². The van der Waals surface area contributed by atoms with Gasteiger partial charge in [-0.2, -0.15) is 0 Å². The first-order valence-corrected chi connectivity index (χ1v) is 5.62. The fraction of sp³-hybridized carbons (Fsp3) is 0.818. The molecule has 0 aliphatic carbocycles. The van der Waals surface area contributed by atoms with Crippen LogP contribution in [0.15, 0.2) is 0 Å². The summed E-state index contributed by atoms with van der Waals surface area (Å²) in [6.45, 7) is 3.88. The highest BCUT2D eigenvalue weighted by Gasteiger charge is 2.42. The maximum absolute atomic E-state index is 11.5. The second-order valence-electron chi connectivity index (χ2n) is 4.53. The zero-order valence-corrected chi connectivity index (χ0v) is 9.64. The Hall–Kier alpha value is -1.10. The molecule has 0 N–H and O–H groups in total. The van der Waals surface area contributed by atoms with Crippen molar-refractivity contribution in [2.24, 2.45) is 11.8 Å². The number of hydrogen-bond acceptors (Lipinski definition) is 5. The molecular weight excluding hydrogens is 210 g/mol. The van der Waals surface area contributed by atoms with E-state index in [1.54, 1.807) is 0 Å². The third-order valence-electron chi connectivity index (χ3n) is 3.49. The molecule has 2 saturated heterocycles. The number of methoxy groups -OCH3 is 1. The van der Waals surface area contributed by atoms with E-state index in [2.05, 4.69) is 0 Å². The van der Waals surface area contributed by atoms with Crippen molar-refractivity contribution in [2.45, 2.75) is 19.4 Å². The Labute approximate surface area is 94.7 Å². The number of hydrogen-bond donors (Lipinski definition) is 0. The Balaban J connectivity index is 2.00. The third-order valence-corrected chi connectivity index (χ3v) is 3.49. The van der Waals surface area contributed by atoms with E-state index in [0.717, 1.165) is 13.0 Å². The van der Waals surface area contributed by atoms with E-state index in [1.165, 1.54) is 7.11 Å². The average molecular weight is 227 g/mol. The molecule has 3 unspecified atom stereocenters. The van der Waals surface area contributed by atoms with Crippen molar-refractivity contribution in [3.05, 3.63) is 0 Å². The van der Waals surface area contributed by atoms with Crippen molar-refractivity contribution >= 4 is 11.9 Å². The number of carbonyl (C=O) groups excluding carboxylic acids is 2. The summed E-state index contributed by atoms with van der Waals surface area (Å²) in [5.74, 6) is -0.210. The molecule has 5 heteroatoms. The Kier molecular flexibility index (Phi) is 3.14. The molecule has 0 amide bonds. The molecule has 0 bridgehead atoms.